The fraction of sp³-hybridized carbons (Fsp3) is 0.429. The summed E-state index contributed by atoms with van der Waals surface area (Å²) in [6.45, 7) is 4.13. The van der Waals surface area contributed by atoms with Gasteiger partial charge in [0, 0.05) is 20.0 Å². The standard InChI is InChI=1S/C14H21N3O4S/c1-11-5-7-13(8-6-11)22(20,21)17-14(19)16-10-4-3-9-15-12(2)18/h5-8H,3-4,9-10H2,1-2H3,(H,15,18)(H2,16,17,19). The van der Waals surface area contributed by atoms with Gasteiger partial charge < -0.3 is 10.6 Å². The normalized spacial score (nSPS) is 10.8. The van der Waals surface area contributed by atoms with E-state index >= 15 is 0 Å². The molecule has 122 valence electrons. The molecule has 7 nitrogen and oxygen atoms in total. The van der Waals surface area contributed by atoms with Crippen LogP contribution in [0.1, 0.15) is 25.3 Å². The zero-order chi connectivity index (χ0) is 16.6. The van der Waals surface area contributed by atoms with Crippen molar-refractivity contribution in [3.05, 3.63) is 29.8 Å². The molecule has 0 aliphatic heterocycles. The topological polar surface area (TPSA) is 104 Å². The van der Waals surface area contributed by atoms with Crippen LogP contribution in [0.15, 0.2) is 29.2 Å². The van der Waals surface area contributed by atoms with E-state index in [0.29, 0.717) is 25.9 Å². The summed E-state index contributed by atoms with van der Waals surface area (Å²) in [5.41, 5.74) is 0.933. The van der Waals surface area contributed by atoms with Gasteiger partial charge in [0.15, 0.2) is 0 Å². The number of aryl methyl sites for hydroxylation is 1. The number of unbranched alkanes of at least 4 members (excludes halogenated alkanes) is 1. The van der Waals surface area contributed by atoms with Gasteiger partial charge in [-0.15, -0.1) is 0 Å². The summed E-state index contributed by atoms with van der Waals surface area (Å²) in [4.78, 5) is 22.2. The van der Waals surface area contributed by atoms with Crippen molar-refractivity contribution in [2.45, 2.75) is 31.6 Å². The number of urea groups is 1. The number of carbonyl (C=O) groups excluding carboxylic acids is 2. The molecule has 8 heteroatoms. The number of nitrogens with one attached hydrogen (secondary N) is 3. The van der Waals surface area contributed by atoms with Crippen molar-refractivity contribution in [3.8, 4) is 0 Å². The minimum absolute atomic E-state index is 0.0407. The van der Waals surface area contributed by atoms with Gasteiger partial charge in [0.25, 0.3) is 10.0 Å². The molecule has 0 fully saturated rings. The highest BCUT2D eigenvalue weighted by atomic mass is 32.2. The molecule has 3 amide bonds. The summed E-state index contributed by atoms with van der Waals surface area (Å²) in [7, 11) is -3.85. The molecular formula is C14H21N3O4S. The van der Waals surface area contributed by atoms with E-state index in [9.17, 15) is 18.0 Å². The van der Waals surface area contributed by atoms with Crippen molar-refractivity contribution in [1.82, 2.24) is 15.4 Å². The van der Waals surface area contributed by atoms with Crippen LogP contribution in [0.4, 0.5) is 4.79 Å². The van der Waals surface area contributed by atoms with Crippen LogP contribution in [0.2, 0.25) is 0 Å². The van der Waals surface area contributed by atoms with Gasteiger partial charge in [-0.2, -0.15) is 0 Å². The Balaban J connectivity index is 2.35. The van der Waals surface area contributed by atoms with Gasteiger partial charge in [0.1, 0.15) is 0 Å². The first kappa shape index (κ1) is 18.0. The highest BCUT2D eigenvalue weighted by molar-refractivity contribution is 7.90. The van der Waals surface area contributed by atoms with Crippen molar-refractivity contribution >= 4 is 22.0 Å². The summed E-state index contributed by atoms with van der Waals surface area (Å²) >= 11 is 0. The number of benzene rings is 1. The van der Waals surface area contributed by atoms with Gasteiger partial charge in [-0.25, -0.2) is 17.9 Å². The summed E-state index contributed by atoms with van der Waals surface area (Å²) in [6.07, 6.45) is 1.34. The Morgan fingerprint density at radius 2 is 1.55 bits per heavy atom. The van der Waals surface area contributed by atoms with E-state index in [1.165, 1.54) is 19.1 Å². The number of carbonyl (C=O) groups is 2. The SMILES string of the molecule is CC(=O)NCCCCNC(=O)NS(=O)(=O)c1ccc(C)cc1. The number of hydrogen-bond acceptors (Lipinski definition) is 4. The van der Waals surface area contributed by atoms with Crippen LogP contribution in [-0.4, -0.2) is 33.4 Å². The molecule has 1 rings (SSSR count). The molecule has 0 radical (unpaired) electrons. The Morgan fingerprint density at radius 3 is 2.09 bits per heavy atom. The third-order valence-corrected chi connectivity index (χ3v) is 4.17. The smallest absolute Gasteiger partial charge is 0.328 e. The molecule has 22 heavy (non-hydrogen) atoms. The van der Waals surface area contributed by atoms with Gasteiger partial charge in [-0.1, -0.05) is 17.7 Å². The van der Waals surface area contributed by atoms with E-state index < -0.39 is 16.1 Å². The monoisotopic (exact) mass is 327 g/mol. The molecule has 0 unspecified atom stereocenters. The Bertz CT molecular complexity index is 611. The van der Waals surface area contributed by atoms with E-state index in [4.69, 9.17) is 0 Å². The Labute approximate surface area is 130 Å². The number of sulfonamides is 1. The van der Waals surface area contributed by atoms with E-state index in [-0.39, 0.29) is 10.8 Å². The molecule has 0 atom stereocenters. The van der Waals surface area contributed by atoms with Crippen molar-refractivity contribution in [2.24, 2.45) is 0 Å². The Morgan fingerprint density at radius 1 is 1.00 bits per heavy atom. The van der Waals surface area contributed by atoms with Crippen molar-refractivity contribution < 1.29 is 18.0 Å². The van der Waals surface area contributed by atoms with Crippen LogP contribution < -0.4 is 15.4 Å². The molecule has 0 bridgehead atoms. The lowest BCUT2D eigenvalue weighted by Gasteiger charge is -2.09. The summed E-state index contributed by atoms with van der Waals surface area (Å²) < 4.78 is 25.8. The molecule has 0 aliphatic carbocycles. The van der Waals surface area contributed by atoms with Gasteiger partial charge >= 0.3 is 6.03 Å². The molecule has 0 heterocycles. The lowest BCUT2D eigenvalue weighted by Crippen LogP contribution is -2.39. The number of amides is 3. The van der Waals surface area contributed by atoms with Crippen molar-refractivity contribution in [2.75, 3.05) is 13.1 Å². The van der Waals surface area contributed by atoms with E-state index in [1.54, 1.807) is 12.1 Å². The predicted octanol–water partition coefficient (Wildman–Crippen LogP) is 0.899. The average Bonchev–Trinajstić information content (AvgIpc) is 2.42. The third kappa shape index (κ3) is 6.57. The average molecular weight is 327 g/mol. The molecule has 0 aromatic heterocycles. The second-order valence-corrected chi connectivity index (χ2v) is 6.55. The fourth-order valence-corrected chi connectivity index (χ4v) is 2.58. The highest BCUT2D eigenvalue weighted by Gasteiger charge is 2.16. The van der Waals surface area contributed by atoms with Gasteiger partial charge in [-0.3, -0.25) is 4.79 Å². The maximum atomic E-state index is 11.9. The molecule has 0 saturated carbocycles. The molecule has 1 aromatic rings. The molecule has 3 N–H and O–H groups in total. The Kier molecular flexibility index (Phi) is 6.84. The molecule has 0 spiro atoms. The van der Waals surface area contributed by atoms with Crippen molar-refractivity contribution in [1.29, 1.82) is 0 Å². The van der Waals surface area contributed by atoms with Crippen LogP contribution in [0.3, 0.4) is 0 Å². The van der Waals surface area contributed by atoms with E-state index in [2.05, 4.69) is 10.6 Å². The molecule has 0 aliphatic rings. The first-order valence-electron chi connectivity index (χ1n) is 6.93. The van der Waals surface area contributed by atoms with Gasteiger partial charge in [-0.05, 0) is 31.9 Å². The van der Waals surface area contributed by atoms with Gasteiger partial charge in [0.2, 0.25) is 5.91 Å². The fourth-order valence-electron chi connectivity index (χ4n) is 1.65. The minimum atomic E-state index is -3.85. The summed E-state index contributed by atoms with van der Waals surface area (Å²) in [5, 5.41) is 5.10. The van der Waals surface area contributed by atoms with Crippen LogP contribution in [0.5, 0.6) is 0 Å². The molecule has 0 saturated heterocycles. The lowest BCUT2D eigenvalue weighted by molar-refractivity contribution is -0.118. The second kappa shape index (κ2) is 8.38. The van der Waals surface area contributed by atoms with Crippen molar-refractivity contribution in [3.63, 3.8) is 0 Å². The number of hydrogen-bond donors (Lipinski definition) is 3. The quantitative estimate of drug-likeness (QED) is 0.647. The molecule has 1 aromatic carbocycles. The van der Waals surface area contributed by atoms with Crippen LogP contribution >= 0.6 is 0 Å². The third-order valence-electron chi connectivity index (χ3n) is 2.82. The molecular weight excluding hydrogens is 306 g/mol. The zero-order valence-corrected chi connectivity index (χ0v) is 13.5. The van der Waals surface area contributed by atoms with Gasteiger partial charge in [0.05, 0.1) is 4.90 Å². The Hall–Kier alpha value is -2.09. The zero-order valence-electron chi connectivity index (χ0n) is 12.7. The maximum Gasteiger partial charge on any atom is 0.328 e. The van der Waals surface area contributed by atoms with Crippen LogP contribution in [0, 0.1) is 6.92 Å². The first-order valence-corrected chi connectivity index (χ1v) is 8.41. The summed E-state index contributed by atoms with van der Waals surface area (Å²) in [6, 6.07) is 5.44. The highest BCUT2D eigenvalue weighted by Crippen LogP contribution is 2.09. The predicted molar refractivity (Wildman–Crippen MR) is 82.8 cm³/mol. The van der Waals surface area contributed by atoms with Crippen LogP contribution in [0.25, 0.3) is 0 Å². The summed E-state index contributed by atoms with van der Waals surface area (Å²) in [5.74, 6) is -0.102. The lowest BCUT2D eigenvalue weighted by atomic mass is 10.2. The second-order valence-electron chi connectivity index (χ2n) is 4.86. The minimum Gasteiger partial charge on any atom is -0.356 e. The number of rotatable bonds is 7. The van der Waals surface area contributed by atoms with E-state index in [0.717, 1.165) is 5.56 Å². The van der Waals surface area contributed by atoms with E-state index in [1.807, 2.05) is 11.6 Å². The largest absolute Gasteiger partial charge is 0.356 e. The first-order chi connectivity index (χ1) is 10.3. The maximum absolute atomic E-state index is 11.9. The van der Waals surface area contributed by atoms with Crippen LogP contribution in [-0.2, 0) is 14.8 Å².